The van der Waals surface area contributed by atoms with Crippen molar-refractivity contribution in [3.8, 4) is 0 Å². The molecule has 2 aromatic carbocycles. The highest BCUT2D eigenvalue weighted by Crippen LogP contribution is 2.31. The Balaban J connectivity index is 1.34. The maximum Gasteiger partial charge on any atom is 0.286 e. The fraction of sp³-hybridized carbons (Fsp3) is 0.238. The van der Waals surface area contributed by atoms with Crippen molar-refractivity contribution < 1.29 is 9.72 Å². The molecule has 29 heavy (non-hydrogen) atoms. The first-order chi connectivity index (χ1) is 14.1. The van der Waals surface area contributed by atoms with Gasteiger partial charge in [-0.15, -0.1) is 0 Å². The molecule has 148 valence electrons. The summed E-state index contributed by atoms with van der Waals surface area (Å²) in [5.74, 6) is -0.255. The Hall–Kier alpha value is -2.97. The number of amidine groups is 1. The van der Waals surface area contributed by atoms with Gasteiger partial charge in [0, 0.05) is 44.9 Å². The second-order valence-electron chi connectivity index (χ2n) is 6.91. The molecule has 2 aromatic rings. The topological polar surface area (TPSA) is 79.0 Å². The fourth-order valence-corrected chi connectivity index (χ4v) is 4.28. The van der Waals surface area contributed by atoms with Crippen LogP contribution in [-0.2, 0) is 11.3 Å². The predicted molar refractivity (Wildman–Crippen MR) is 114 cm³/mol. The number of nitro groups is 1. The van der Waals surface area contributed by atoms with Crippen molar-refractivity contribution in [2.45, 2.75) is 6.54 Å². The van der Waals surface area contributed by atoms with Crippen LogP contribution < -0.4 is 0 Å². The van der Waals surface area contributed by atoms with E-state index in [-0.39, 0.29) is 11.6 Å². The van der Waals surface area contributed by atoms with E-state index < -0.39 is 4.92 Å². The summed E-state index contributed by atoms with van der Waals surface area (Å²) in [6.45, 7) is 4.43. The molecule has 0 saturated carbocycles. The molecule has 8 heteroatoms. The molecule has 0 unspecified atom stereocenters. The molecule has 1 fully saturated rings. The summed E-state index contributed by atoms with van der Waals surface area (Å²) in [6.07, 6.45) is 1.73. The van der Waals surface area contributed by atoms with E-state index in [1.54, 1.807) is 18.2 Å². The summed E-state index contributed by atoms with van der Waals surface area (Å²) in [5, 5.41) is 11.5. The number of aliphatic imine (C=N–C) groups is 1. The Morgan fingerprint density at radius 1 is 1.03 bits per heavy atom. The lowest BCUT2D eigenvalue weighted by molar-refractivity contribution is -0.384. The molecule has 0 N–H and O–H groups in total. The monoisotopic (exact) mass is 408 g/mol. The van der Waals surface area contributed by atoms with Crippen molar-refractivity contribution in [2.24, 2.45) is 4.99 Å². The van der Waals surface area contributed by atoms with Gasteiger partial charge in [0.05, 0.1) is 9.83 Å². The van der Waals surface area contributed by atoms with Crippen molar-refractivity contribution >= 4 is 34.6 Å². The van der Waals surface area contributed by atoms with Gasteiger partial charge >= 0.3 is 0 Å². The molecule has 0 spiro atoms. The van der Waals surface area contributed by atoms with Gasteiger partial charge in [-0.3, -0.25) is 19.8 Å². The second-order valence-corrected chi connectivity index (χ2v) is 7.92. The maximum absolute atomic E-state index is 12.3. The predicted octanol–water partition coefficient (Wildman–Crippen LogP) is 3.38. The first kappa shape index (κ1) is 19.4. The molecule has 0 aliphatic carbocycles. The van der Waals surface area contributed by atoms with Gasteiger partial charge in [0.25, 0.3) is 11.6 Å². The third-order valence-electron chi connectivity index (χ3n) is 4.90. The average Bonchev–Trinajstić information content (AvgIpc) is 3.10. The van der Waals surface area contributed by atoms with Gasteiger partial charge in [-0.25, -0.2) is 0 Å². The summed E-state index contributed by atoms with van der Waals surface area (Å²) >= 11 is 1.37. The molecule has 2 aliphatic heterocycles. The standard InChI is InChI=1S/C21H20N4O3S/c26-20-19(14-16-6-8-18(9-7-16)25(27)28)29-21(22-20)24-12-10-23(11-13-24)15-17-4-2-1-3-5-17/h1-9,14H,10-13,15H2/b19-14-. The van der Waals surface area contributed by atoms with E-state index in [4.69, 9.17) is 0 Å². The Morgan fingerprint density at radius 2 is 1.72 bits per heavy atom. The molecule has 0 radical (unpaired) electrons. The van der Waals surface area contributed by atoms with E-state index in [0.29, 0.717) is 4.91 Å². The van der Waals surface area contributed by atoms with Gasteiger partial charge in [0.2, 0.25) is 0 Å². The molecule has 7 nitrogen and oxygen atoms in total. The van der Waals surface area contributed by atoms with Crippen LogP contribution in [0, 0.1) is 10.1 Å². The van der Waals surface area contributed by atoms with Crippen molar-refractivity contribution in [3.63, 3.8) is 0 Å². The lowest BCUT2D eigenvalue weighted by atomic mass is 10.2. The lowest BCUT2D eigenvalue weighted by Gasteiger charge is -2.35. The first-order valence-corrected chi connectivity index (χ1v) is 10.2. The third-order valence-corrected chi connectivity index (χ3v) is 5.95. The molecule has 0 aromatic heterocycles. The number of hydrogen-bond donors (Lipinski definition) is 0. The zero-order chi connectivity index (χ0) is 20.2. The molecule has 0 bridgehead atoms. The number of benzene rings is 2. The second kappa shape index (κ2) is 8.59. The Morgan fingerprint density at radius 3 is 2.38 bits per heavy atom. The van der Waals surface area contributed by atoms with Gasteiger partial charge in [-0.1, -0.05) is 30.3 Å². The first-order valence-electron chi connectivity index (χ1n) is 9.37. The number of carbonyl (C=O) groups excluding carboxylic acids is 1. The van der Waals surface area contributed by atoms with E-state index in [9.17, 15) is 14.9 Å². The van der Waals surface area contributed by atoms with Gasteiger partial charge in [0.1, 0.15) is 0 Å². The normalized spacial score (nSPS) is 18.9. The molecular weight excluding hydrogens is 388 g/mol. The van der Waals surface area contributed by atoms with Gasteiger partial charge in [-0.2, -0.15) is 4.99 Å². The van der Waals surface area contributed by atoms with Crippen molar-refractivity contribution in [1.82, 2.24) is 9.80 Å². The van der Waals surface area contributed by atoms with E-state index >= 15 is 0 Å². The van der Waals surface area contributed by atoms with Crippen LogP contribution >= 0.6 is 11.8 Å². The summed E-state index contributed by atoms with van der Waals surface area (Å²) in [6, 6.07) is 16.6. The number of nitro benzene ring substituents is 1. The van der Waals surface area contributed by atoms with Gasteiger partial charge in [-0.05, 0) is 41.1 Å². The van der Waals surface area contributed by atoms with Gasteiger partial charge in [0.15, 0.2) is 5.17 Å². The number of carbonyl (C=O) groups is 1. The number of amides is 1. The van der Waals surface area contributed by atoms with Crippen LogP contribution in [0.2, 0.25) is 0 Å². The number of non-ortho nitro benzene ring substituents is 1. The maximum atomic E-state index is 12.3. The van der Waals surface area contributed by atoms with Crippen LogP contribution in [0.4, 0.5) is 5.69 Å². The van der Waals surface area contributed by atoms with Crippen LogP contribution in [0.15, 0.2) is 64.5 Å². The van der Waals surface area contributed by atoms with Crippen molar-refractivity contribution in [2.75, 3.05) is 26.2 Å². The molecule has 1 amide bonds. The molecule has 0 atom stereocenters. The Labute approximate surface area is 172 Å². The fourth-order valence-electron chi connectivity index (χ4n) is 3.32. The number of piperazine rings is 1. The third kappa shape index (κ3) is 4.72. The van der Waals surface area contributed by atoms with E-state index in [2.05, 4.69) is 39.1 Å². The highest BCUT2D eigenvalue weighted by Gasteiger charge is 2.28. The number of rotatable bonds is 4. The number of thioether (sulfide) groups is 1. The SMILES string of the molecule is O=C1N=C(N2CCN(Cc3ccccc3)CC2)S/C1=C\c1ccc([N+](=O)[O-])cc1. The average molecular weight is 408 g/mol. The highest BCUT2D eigenvalue weighted by molar-refractivity contribution is 8.18. The van der Waals surface area contributed by atoms with Crippen LogP contribution in [0.5, 0.6) is 0 Å². The Bertz CT molecular complexity index is 965. The van der Waals surface area contributed by atoms with Crippen molar-refractivity contribution in [3.05, 3.63) is 80.7 Å². The van der Waals surface area contributed by atoms with E-state index in [1.165, 1.54) is 29.5 Å². The quantitative estimate of drug-likeness (QED) is 0.438. The minimum atomic E-state index is -0.439. The van der Waals surface area contributed by atoms with Crippen LogP contribution in [-0.4, -0.2) is 52.0 Å². The van der Waals surface area contributed by atoms with E-state index in [1.807, 2.05) is 6.07 Å². The molecular formula is C21H20N4O3S. The highest BCUT2D eigenvalue weighted by atomic mass is 32.2. The van der Waals surface area contributed by atoms with E-state index in [0.717, 1.165) is 43.5 Å². The summed E-state index contributed by atoms with van der Waals surface area (Å²) in [7, 11) is 0. The zero-order valence-corrected chi connectivity index (χ0v) is 16.5. The number of nitrogens with zero attached hydrogens (tertiary/aromatic N) is 4. The van der Waals surface area contributed by atoms with Crippen LogP contribution in [0.25, 0.3) is 6.08 Å². The minimum Gasteiger partial charge on any atom is -0.348 e. The summed E-state index contributed by atoms with van der Waals surface area (Å²) < 4.78 is 0. The smallest absolute Gasteiger partial charge is 0.286 e. The van der Waals surface area contributed by atoms with Gasteiger partial charge < -0.3 is 4.90 Å². The van der Waals surface area contributed by atoms with Crippen LogP contribution in [0.3, 0.4) is 0 Å². The summed E-state index contributed by atoms with van der Waals surface area (Å²) in [5.41, 5.74) is 2.08. The largest absolute Gasteiger partial charge is 0.348 e. The molecule has 1 saturated heterocycles. The van der Waals surface area contributed by atoms with Crippen molar-refractivity contribution in [1.29, 1.82) is 0 Å². The zero-order valence-electron chi connectivity index (χ0n) is 15.7. The number of hydrogen-bond acceptors (Lipinski definition) is 6. The lowest BCUT2D eigenvalue weighted by Crippen LogP contribution is -2.47. The van der Waals surface area contributed by atoms with Crippen LogP contribution in [0.1, 0.15) is 11.1 Å². The molecule has 2 heterocycles. The minimum absolute atomic E-state index is 0.0304. The Kier molecular flexibility index (Phi) is 5.73. The molecule has 2 aliphatic rings. The summed E-state index contributed by atoms with van der Waals surface area (Å²) in [4.78, 5) is 31.9. The molecule has 4 rings (SSSR count).